The Morgan fingerprint density at radius 1 is 1.18 bits per heavy atom. The van der Waals surface area contributed by atoms with E-state index in [9.17, 15) is 26.4 Å². The van der Waals surface area contributed by atoms with Crippen LogP contribution in [0.3, 0.4) is 0 Å². The van der Waals surface area contributed by atoms with Gasteiger partial charge in [0.1, 0.15) is 27.8 Å². The predicted molar refractivity (Wildman–Crippen MR) is 118 cm³/mol. The second kappa shape index (κ2) is 9.52. The maximum absolute atomic E-state index is 14.4. The van der Waals surface area contributed by atoms with Gasteiger partial charge >= 0.3 is 29.6 Å². The summed E-state index contributed by atoms with van der Waals surface area (Å²) < 4.78 is 70.7. The third kappa shape index (κ3) is 4.98. The molecule has 176 valence electrons. The van der Waals surface area contributed by atoms with Gasteiger partial charge in [-0.3, -0.25) is 0 Å². The Kier molecular flexibility index (Phi) is 7.43. The van der Waals surface area contributed by atoms with Crippen molar-refractivity contribution >= 4 is 27.1 Å². The van der Waals surface area contributed by atoms with Gasteiger partial charge < -0.3 is 14.4 Å². The van der Waals surface area contributed by atoms with Crippen LogP contribution in [0.15, 0.2) is 42.7 Å². The Balaban J connectivity index is 0.00000324. The SMILES string of the molecule is CC(C)(C)S(=O)(=O)[N-]C(=O)c1cnn2ccc(N3C[C@@H](F)C[C@@H]3c3cc(F)ccc3F)cc12.[Na+]. The van der Waals surface area contributed by atoms with Crippen molar-refractivity contribution < 1.29 is 55.9 Å². The maximum Gasteiger partial charge on any atom is 1.00 e. The number of aromatic nitrogens is 2. The summed E-state index contributed by atoms with van der Waals surface area (Å²) in [5, 5.41) is 4.06. The van der Waals surface area contributed by atoms with Crippen molar-refractivity contribution in [2.45, 2.75) is 44.2 Å². The third-order valence-electron chi connectivity index (χ3n) is 5.61. The molecule has 3 heterocycles. The Morgan fingerprint density at radius 2 is 1.88 bits per heavy atom. The molecule has 0 bridgehead atoms. The van der Waals surface area contributed by atoms with Gasteiger partial charge in [-0.15, -0.1) is 0 Å². The number of nitrogens with zero attached hydrogens (tertiary/aromatic N) is 4. The van der Waals surface area contributed by atoms with E-state index in [0.29, 0.717) is 5.69 Å². The molecule has 1 amide bonds. The van der Waals surface area contributed by atoms with Crippen molar-refractivity contribution in [2.24, 2.45) is 0 Å². The van der Waals surface area contributed by atoms with Crippen LogP contribution < -0.4 is 34.5 Å². The molecule has 1 fully saturated rings. The molecule has 12 heteroatoms. The van der Waals surface area contributed by atoms with Crippen molar-refractivity contribution in [3.63, 3.8) is 0 Å². The topological polar surface area (TPSA) is 85.8 Å². The quantitative estimate of drug-likeness (QED) is 0.506. The number of pyridine rings is 1. The minimum Gasteiger partial charge on any atom is -0.541 e. The fraction of sp³-hybridized carbons (Fsp3) is 0.364. The summed E-state index contributed by atoms with van der Waals surface area (Å²) in [6, 6.07) is 5.43. The van der Waals surface area contributed by atoms with Crippen LogP contribution in [-0.2, 0) is 10.0 Å². The number of benzene rings is 1. The second-order valence-corrected chi connectivity index (χ2v) is 11.3. The number of alkyl halides is 1. The van der Waals surface area contributed by atoms with Gasteiger partial charge in [0.25, 0.3) is 0 Å². The number of carbonyl (C=O) groups is 1. The van der Waals surface area contributed by atoms with Crippen LogP contribution in [0.25, 0.3) is 10.2 Å². The molecule has 2 atom stereocenters. The van der Waals surface area contributed by atoms with Gasteiger partial charge in [0.05, 0.1) is 28.4 Å². The molecule has 0 aliphatic carbocycles. The number of sulfonamides is 1. The molecule has 0 saturated carbocycles. The van der Waals surface area contributed by atoms with Gasteiger partial charge in [-0.2, -0.15) is 5.10 Å². The molecule has 3 aromatic rings. The van der Waals surface area contributed by atoms with E-state index in [1.54, 1.807) is 11.0 Å². The monoisotopic (exact) mass is 502 g/mol. The average molecular weight is 502 g/mol. The van der Waals surface area contributed by atoms with Gasteiger partial charge in [0.15, 0.2) is 0 Å². The molecular weight excluding hydrogens is 480 g/mol. The van der Waals surface area contributed by atoms with E-state index in [0.717, 1.165) is 18.2 Å². The molecule has 0 radical (unpaired) electrons. The van der Waals surface area contributed by atoms with E-state index < -0.39 is 44.5 Å². The first-order valence-corrected chi connectivity index (χ1v) is 11.7. The molecule has 0 spiro atoms. The zero-order valence-corrected chi connectivity index (χ0v) is 22.0. The summed E-state index contributed by atoms with van der Waals surface area (Å²) in [7, 11) is -4.08. The van der Waals surface area contributed by atoms with E-state index in [4.69, 9.17) is 0 Å². The Hall–Kier alpha value is -2.08. The molecule has 34 heavy (non-hydrogen) atoms. The molecule has 4 rings (SSSR count). The number of hydrogen-bond donors (Lipinski definition) is 0. The largest absolute Gasteiger partial charge is 1.00 e. The van der Waals surface area contributed by atoms with Crippen LogP contribution in [-0.4, -0.2) is 41.4 Å². The molecule has 0 N–H and O–H groups in total. The molecule has 7 nitrogen and oxygen atoms in total. The smallest absolute Gasteiger partial charge is 0.541 e. The molecular formula is C22H22F3N4NaO3S. The molecule has 1 aromatic carbocycles. The van der Waals surface area contributed by atoms with Crippen LogP contribution in [0.2, 0.25) is 0 Å². The standard InChI is InChI=1S/C22H23F3N4O3S.Na/c1-22(2,3)33(31,32)27-21(30)17-11-26-29-7-6-15(10-20(17)29)28-12-14(24)9-19(28)16-8-13(23)4-5-18(16)25;/h4-8,10-11,14,19H,9,12H2,1-3H3,(H,27,30);/q;+1/p-1/t14-,19+;/m0./s1. The fourth-order valence-electron chi connectivity index (χ4n) is 3.74. The van der Waals surface area contributed by atoms with E-state index in [-0.39, 0.29) is 59.2 Å². The second-order valence-electron chi connectivity index (χ2n) is 8.92. The summed E-state index contributed by atoms with van der Waals surface area (Å²) in [6.07, 6.45) is 1.42. The van der Waals surface area contributed by atoms with Crippen molar-refractivity contribution in [2.75, 3.05) is 11.4 Å². The van der Waals surface area contributed by atoms with E-state index in [1.807, 2.05) is 0 Å². The van der Waals surface area contributed by atoms with E-state index in [2.05, 4.69) is 9.82 Å². The van der Waals surface area contributed by atoms with Crippen molar-refractivity contribution in [1.29, 1.82) is 0 Å². The number of carbonyl (C=O) groups excluding carboxylic acids is 1. The molecule has 1 aliphatic heterocycles. The number of amides is 1. The third-order valence-corrected chi connectivity index (χ3v) is 7.57. The first-order chi connectivity index (χ1) is 15.4. The van der Waals surface area contributed by atoms with E-state index in [1.165, 1.54) is 43.7 Å². The minimum absolute atomic E-state index is 0. The summed E-state index contributed by atoms with van der Waals surface area (Å²) in [5.41, 5.74) is 0.691. The number of hydrogen-bond acceptors (Lipinski definition) is 5. The molecule has 1 saturated heterocycles. The van der Waals surface area contributed by atoms with Gasteiger partial charge in [-0.25, -0.2) is 26.1 Å². The van der Waals surface area contributed by atoms with Crippen LogP contribution in [0.4, 0.5) is 18.9 Å². The summed E-state index contributed by atoms with van der Waals surface area (Å²) in [5.74, 6) is -2.25. The Labute approximate surface area is 217 Å². The summed E-state index contributed by atoms with van der Waals surface area (Å²) in [4.78, 5) is 14.3. The van der Waals surface area contributed by atoms with E-state index >= 15 is 0 Å². The Morgan fingerprint density at radius 3 is 2.56 bits per heavy atom. The first kappa shape index (κ1) is 26.5. The van der Waals surface area contributed by atoms with Gasteiger partial charge in [-0.05, 0) is 51.1 Å². The number of anilines is 1. The van der Waals surface area contributed by atoms with Crippen LogP contribution in [0.1, 0.15) is 49.2 Å². The molecule has 0 unspecified atom stereocenters. The number of fused-ring (bicyclic) bond motifs is 1. The summed E-state index contributed by atoms with van der Waals surface area (Å²) in [6.45, 7) is 4.23. The van der Waals surface area contributed by atoms with Gasteiger partial charge in [0.2, 0.25) is 0 Å². The zero-order chi connectivity index (χ0) is 24.1. The fourth-order valence-corrected chi connectivity index (χ4v) is 4.33. The normalized spacial score (nSPS) is 18.7. The van der Waals surface area contributed by atoms with Crippen LogP contribution in [0, 0.1) is 11.6 Å². The zero-order valence-electron chi connectivity index (χ0n) is 19.2. The van der Waals surface area contributed by atoms with Gasteiger partial charge in [0, 0.05) is 36.0 Å². The molecule has 2 aromatic heterocycles. The van der Waals surface area contributed by atoms with Crippen molar-refractivity contribution in [3.05, 3.63) is 70.2 Å². The average Bonchev–Trinajstić information content (AvgIpc) is 3.31. The minimum atomic E-state index is -4.08. The Bertz CT molecular complexity index is 1340. The number of halogens is 3. The number of rotatable bonds is 4. The van der Waals surface area contributed by atoms with Gasteiger partial charge in [-0.1, -0.05) is 0 Å². The maximum atomic E-state index is 14.4. The summed E-state index contributed by atoms with van der Waals surface area (Å²) >= 11 is 0. The van der Waals surface area contributed by atoms with Crippen molar-refractivity contribution in [3.8, 4) is 0 Å². The predicted octanol–water partition coefficient (Wildman–Crippen LogP) is 1.55. The van der Waals surface area contributed by atoms with Crippen LogP contribution in [0.5, 0.6) is 0 Å². The van der Waals surface area contributed by atoms with Crippen LogP contribution >= 0.6 is 0 Å². The molecule has 1 aliphatic rings. The van der Waals surface area contributed by atoms with Crippen molar-refractivity contribution in [1.82, 2.24) is 9.61 Å². The first-order valence-electron chi connectivity index (χ1n) is 10.2.